The van der Waals surface area contributed by atoms with Gasteiger partial charge in [-0.15, -0.1) is 0 Å². The largest absolute Gasteiger partial charge is 0.411 e. The second-order valence-corrected chi connectivity index (χ2v) is 6.26. The van der Waals surface area contributed by atoms with Gasteiger partial charge in [0, 0.05) is 17.3 Å². The van der Waals surface area contributed by atoms with Crippen LogP contribution in [0.5, 0.6) is 0 Å². The summed E-state index contributed by atoms with van der Waals surface area (Å²) in [6, 6.07) is 0. The van der Waals surface area contributed by atoms with Crippen molar-refractivity contribution in [1.29, 1.82) is 0 Å². The number of alkyl halides is 5. The van der Waals surface area contributed by atoms with E-state index in [1.54, 1.807) is 0 Å². The Morgan fingerprint density at radius 2 is 1.67 bits per heavy atom. The van der Waals surface area contributed by atoms with E-state index in [1.807, 2.05) is 0 Å². The predicted molar refractivity (Wildman–Crippen MR) is 75.6 cm³/mol. The zero-order valence-electron chi connectivity index (χ0n) is 10.8. The first-order valence-electron chi connectivity index (χ1n) is 6.01. The third-order valence-electron chi connectivity index (χ3n) is 2.67. The Morgan fingerprint density at radius 1 is 1.11 bits per heavy atom. The van der Waals surface area contributed by atoms with Crippen LogP contribution in [-0.4, -0.2) is 30.1 Å². The molecule has 0 aromatic rings. The Bertz CT molecular complexity index is 216. The fourth-order valence-corrected chi connectivity index (χ4v) is 3.93. The third-order valence-corrected chi connectivity index (χ3v) is 5.05. The van der Waals surface area contributed by atoms with Gasteiger partial charge in [0.15, 0.2) is 0 Å². The summed E-state index contributed by atoms with van der Waals surface area (Å²) in [5.74, 6) is 0.566. The second-order valence-electron chi connectivity index (χ2n) is 5.14. The van der Waals surface area contributed by atoms with Crippen LogP contribution in [0.2, 0.25) is 0 Å². The summed E-state index contributed by atoms with van der Waals surface area (Å²) in [7, 11) is 0. The second kappa shape index (κ2) is 8.80. The zero-order chi connectivity index (χ0) is 14.2. The number of hydrogen-bond donors (Lipinski definition) is 0. The molecule has 1 nitrogen and oxygen atoms in total. The molecule has 0 rings (SSSR count). The van der Waals surface area contributed by atoms with Crippen LogP contribution in [0.25, 0.3) is 0 Å². The van der Waals surface area contributed by atoms with E-state index in [1.165, 1.54) is 0 Å². The topological polar surface area (TPSA) is 9.23 Å². The van der Waals surface area contributed by atoms with E-state index in [2.05, 4.69) is 50.4 Å². The van der Waals surface area contributed by atoms with E-state index in [0.717, 1.165) is 23.5 Å². The normalized spacial score (nSPS) is 13.3. The lowest BCUT2D eigenvalue weighted by atomic mass is 9.80. The van der Waals surface area contributed by atoms with E-state index in [4.69, 9.17) is 0 Å². The summed E-state index contributed by atoms with van der Waals surface area (Å²) in [5.41, 5.74) is 0.107. The maximum absolute atomic E-state index is 11.9. The summed E-state index contributed by atoms with van der Waals surface area (Å²) >= 11 is 7.02. The SMILES string of the molecule is CC(C)CC(CBr)(CBr)CCCOCC(F)(F)F. The highest BCUT2D eigenvalue weighted by Gasteiger charge is 2.29. The van der Waals surface area contributed by atoms with Crippen LogP contribution in [0.3, 0.4) is 0 Å². The molecule has 0 unspecified atom stereocenters. The van der Waals surface area contributed by atoms with Gasteiger partial charge in [-0.1, -0.05) is 45.7 Å². The minimum absolute atomic E-state index is 0.107. The molecule has 0 aliphatic carbocycles. The van der Waals surface area contributed by atoms with Gasteiger partial charge in [0.2, 0.25) is 0 Å². The standard InChI is InChI=1S/C12H21Br2F3O/c1-10(2)6-11(7-13,8-14)4-3-5-18-9-12(15,16)17/h10H,3-9H2,1-2H3. The van der Waals surface area contributed by atoms with Gasteiger partial charge in [-0.05, 0) is 30.6 Å². The maximum atomic E-state index is 11.9. The quantitative estimate of drug-likeness (QED) is 0.385. The van der Waals surface area contributed by atoms with Gasteiger partial charge in [-0.2, -0.15) is 13.2 Å². The number of ether oxygens (including phenoxy) is 1. The molecule has 0 heterocycles. The van der Waals surface area contributed by atoms with Crippen LogP contribution < -0.4 is 0 Å². The molecule has 0 aliphatic heterocycles. The molecule has 0 fully saturated rings. The van der Waals surface area contributed by atoms with Gasteiger partial charge >= 0.3 is 6.18 Å². The Labute approximate surface area is 124 Å². The van der Waals surface area contributed by atoms with Crippen LogP contribution in [0.4, 0.5) is 13.2 Å². The van der Waals surface area contributed by atoms with E-state index in [-0.39, 0.29) is 12.0 Å². The van der Waals surface area contributed by atoms with Crippen molar-refractivity contribution in [3.05, 3.63) is 0 Å². The first kappa shape index (κ1) is 18.7. The maximum Gasteiger partial charge on any atom is 0.411 e. The Morgan fingerprint density at radius 3 is 2.06 bits per heavy atom. The molecule has 0 atom stereocenters. The van der Waals surface area contributed by atoms with Crippen molar-refractivity contribution in [2.75, 3.05) is 23.9 Å². The molecule has 0 aromatic carbocycles. The fraction of sp³-hybridized carbons (Fsp3) is 1.00. The lowest BCUT2D eigenvalue weighted by Gasteiger charge is -2.32. The summed E-state index contributed by atoms with van der Waals surface area (Å²) in [5, 5.41) is 1.70. The Kier molecular flexibility index (Phi) is 9.14. The minimum atomic E-state index is -4.22. The first-order chi connectivity index (χ1) is 8.24. The predicted octanol–water partition coefficient (Wildman–Crippen LogP) is 5.17. The van der Waals surface area contributed by atoms with E-state index >= 15 is 0 Å². The highest BCUT2D eigenvalue weighted by molar-refractivity contribution is 9.09. The molecular weight excluding hydrogens is 377 g/mol. The van der Waals surface area contributed by atoms with Crippen LogP contribution in [-0.2, 0) is 4.74 Å². The molecule has 0 spiro atoms. The Hall–Kier alpha value is 0.710. The van der Waals surface area contributed by atoms with Crippen LogP contribution in [0, 0.1) is 11.3 Å². The molecule has 18 heavy (non-hydrogen) atoms. The van der Waals surface area contributed by atoms with Crippen molar-refractivity contribution < 1.29 is 17.9 Å². The third kappa shape index (κ3) is 8.75. The fourth-order valence-electron chi connectivity index (χ4n) is 1.98. The van der Waals surface area contributed by atoms with Crippen molar-refractivity contribution in [2.45, 2.75) is 39.3 Å². The monoisotopic (exact) mass is 396 g/mol. The van der Waals surface area contributed by atoms with Gasteiger partial charge < -0.3 is 4.74 Å². The minimum Gasteiger partial charge on any atom is -0.372 e. The van der Waals surface area contributed by atoms with E-state index < -0.39 is 12.8 Å². The van der Waals surface area contributed by atoms with Crippen LogP contribution in [0.1, 0.15) is 33.1 Å². The molecule has 0 N–H and O–H groups in total. The molecule has 0 bridgehead atoms. The number of halogens is 5. The summed E-state index contributed by atoms with van der Waals surface area (Å²) in [4.78, 5) is 0. The molecule has 0 saturated carbocycles. The first-order valence-corrected chi connectivity index (χ1v) is 8.25. The Balaban J connectivity index is 3.98. The van der Waals surface area contributed by atoms with Gasteiger partial charge in [0.1, 0.15) is 6.61 Å². The molecule has 0 saturated heterocycles. The lowest BCUT2D eigenvalue weighted by molar-refractivity contribution is -0.174. The molecule has 6 heteroatoms. The molecule has 0 amide bonds. The summed E-state index contributed by atoms with van der Waals surface area (Å²) < 4.78 is 40.3. The van der Waals surface area contributed by atoms with Crippen molar-refractivity contribution >= 4 is 31.9 Å². The molecule has 0 aliphatic rings. The molecule has 0 radical (unpaired) electrons. The van der Waals surface area contributed by atoms with Crippen LogP contribution >= 0.6 is 31.9 Å². The molecule has 0 aromatic heterocycles. The van der Waals surface area contributed by atoms with E-state index in [0.29, 0.717) is 12.3 Å². The summed E-state index contributed by atoms with van der Waals surface area (Å²) in [6.07, 6.45) is -1.66. The molecule has 110 valence electrons. The molecular formula is C12H21Br2F3O. The number of rotatable bonds is 9. The smallest absolute Gasteiger partial charge is 0.372 e. The average Bonchev–Trinajstić information content (AvgIpc) is 2.25. The van der Waals surface area contributed by atoms with Gasteiger partial charge in [0.25, 0.3) is 0 Å². The van der Waals surface area contributed by atoms with E-state index in [9.17, 15) is 13.2 Å². The van der Waals surface area contributed by atoms with Crippen molar-refractivity contribution in [1.82, 2.24) is 0 Å². The van der Waals surface area contributed by atoms with Gasteiger partial charge in [-0.3, -0.25) is 0 Å². The van der Waals surface area contributed by atoms with Crippen molar-refractivity contribution in [2.24, 2.45) is 11.3 Å². The van der Waals surface area contributed by atoms with Crippen molar-refractivity contribution in [3.8, 4) is 0 Å². The highest BCUT2D eigenvalue weighted by Crippen LogP contribution is 2.35. The van der Waals surface area contributed by atoms with Gasteiger partial charge in [-0.25, -0.2) is 0 Å². The number of hydrogen-bond acceptors (Lipinski definition) is 1. The zero-order valence-corrected chi connectivity index (χ0v) is 14.0. The van der Waals surface area contributed by atoms with Crippen LogP contribution in [0.15, 0.2) is 0 Å². The summed E-state index contributed by atoms with van der Waals surface area (Å²) in [6.45, 7) is 3.33. The highest BCUT2D eigenvalue weighted by atomic mass is 79.9. The van der Waals surface area contributed by atoms with Crippen molar-refractivity contribution in [3.63, 3.8) is 0 Å². The average molecular weight is 398 g/mol. The lowest BCUT2D eigenvalue weighted by Crippen LogP contribution is -2.27. The van der Waals surface area contributed by atoms with Gasteiger partial charge in [0.05, 0.1) is 0 Å².